The minimum atomic E-state index is -0.475. The van der Waals surface area contributed by atoms with Crippen molar-refractivity contribution in [2.24, 2.45) is 0 Å². The van der Waals surface area contributed by atoms with Crippen molar-refractivity contribution < 1.29 is 9.55 Å². The first kappa shape index (κ1) is 16.5. The molecule has 0 aliphatic rings. The second-order valence-electron chi connectivity index (χ2n) is 5.97. The Labute approximate surface area is 143 Å². The highest BCUT2D eigenvalue weighted by Crippen LogP contribution is 2.39. The number of benzene rings is 2. The van der Waals surface area contributed by atoms with Gasteiger partial charge in [-0.3, -0.25) is 10.1 Å². The zero-order chi connectivity index (χ0) is 18.1. The van der Waals surface area contributed by atoms with Crippen molar-refractivity contribution in [2.45, 2.75) is 0 Å². The van der Waals surface area contributed by atoms with E-state index in [2.05, 4.69) is 15.6 Å². The van der Waals surface area contributed by atoms with Gasteiger partial charge in [0.15, 0.2) is 5.52 Å². The van der Waals surface area contributed by atoms with E-state index in [1.54, 1.807) is 25.1 Å². The Morgan fingerprint density at radius 3 is 2.24 bits per heavy atom. The Bertz CT molecular complexity index is 918. The first-order valence-corrected chi connectivity index (χ1v) is 7.54. The van der Waals surface area contributed by atoms with Crippen LogP contribution in [0.5, 0.6) is 0 Å². The summed E-state index contributed by atoms with van der Waals surface area (Å²) in [5, 5.41) is 22.2. The lowest BCUT2D eigenvalue weighted by atomic mass is 10.1. The molecule has 25 heavy (non-hydrogen) atoms. The molecule has 1 aromatic heterocycles. The van der Waals surface area contributed by atoms with Crippen molar-refractivity contribution in [3.63, 3.8) is 0 Å². The molecular formula is C16H18N6O3. The zero-order valence-corrected chi connectivity index (χ0v) is 14.3. The number of nitrogens with zero attached hydrogens (tertiary/aromatic N) is 5. The van der Waals surface area contributed by atoms with E-state index in [1.165, 1.54) is 0 Å². The molecule has 2 aromatic carbocycles. The molecule has 1 heterocycles. The Morgan fingerprint density at radius 1 is 1.04 bits per heavy atom. The van der Waals surface area contributed by atoms with Gasteiger partial charge in [0.25, 0.3) is 0 Å². The highest BCUT2D eigenvalue weighted by Gasteiger charge is 2.26. The fourth-order valence-electron chi connectivity index (χ4n) is 2.53. The largest absolute Gasteiger partial charge is 0.378 e. The summed E-state index contributed by atoms with van der Waals surface area (Å²) in [5.41, 5.74) is 3.20. The van der Waals surface area contributed by atoms with Crippen LogP contribution < -0.4 is 15.1 Å². The van der Waals surface area contributed by atoms with Crippen molar-refractivity contribution >= 4 is 39.5 Å². The smallest absolute Gasteiger partial charge is 0.323 e. The van der Waals surface area contributed by atoms with Gasteiger partial charge in [-0.15, -0.1) is 0 Å². The third-order valence-electron chi connectivity index (χ3n) is 3.82. The number of anilines is 4. The Morgan fingerprint density at radius 2 is 1.68 bits per heavy atom. The molecule has 9 nitrogen and oxygen atoms in total. The summed E-state index contributed by atoms with van der Waals surface area (Å²) in [6.07, 6.45) is 0. The molecule has 0 fully saturated rings. The molecule has 130 valence electrons. The molecule has 3 aromatic rings. The molecule has 0 saturated carbocycles. The van der Waals surface area contributed by atoms with E-state index in [9.17, 15) is 10.1 Å². The fraction of sp³-hybridized carbons (Fsp3) is 0.250. The van der Waals surface area contributed by atoms with Crippen LogP contribution in [-0.2, 0) is 0 Å². The monoisotopic (exact) mass is 342 g/mol. The number of rotatable bonds is 5. The molecule has 0 aliphatic heterocycles. The molecule has 0 saturated heterocycles. The van der Waals surface area contributed by atoms with Crippen molar-refractivity contribution in [3.8, 4) is 0 Å². The average molecular weight is 342 g/mol. The summed E-state index contributed by atoms with van der Waals surface area (Å²) in [7, 11) is 7.40. The highest BCUT2D eigenvalue weighted by atomic mass is 16.6. The summed E-state index contributed by atoms with van der Waals surface area (Å²) in [4.78, 5) is 14.6. The van der Waals surface area contributed by atoms with Gasteiger partial charge in [-0.1, -0.05) is 0 Å². The molecule has 0 unspecified atom stereocenters. The Balaban J connectivity index is 2.08. The standard InChI is InChI=1S/C16H18N6O3/c1-20(2)11-7-5-10(6-8-11)17-12-9-13(21(3)4)16(22(23)24)15-14(12)18-25-19-15/h5-9,17H,1-4H3. The molecule has 9 heteroatoms. The maximum Gasteiger partial charge on any atom is 0.323 e. The first-order chi connectivity index (χ1) is 11.9. The van der Waals surface area contributed by atoms with E-state index in [0.29, 0.717) is 16.9 Å². The van der Waals surface area contributed by atoms with E-state index >= 15 is 0 Å². The van der Waals surface area contributed by atoms with Gasteiger partial charge in [-0.2, -0.15) is 0 Å². The molecule has 0 bridgehead atoms. The maximum atomic E-state index is 11.5. The van der Waals surface area contributed by atoms with Gasteiger partial charge in [0.1, 0.15) is 5.69 Å². The average Bonchev–Trinajstić information content (AvgIpc) is 3.04. The second-order valence-corrected chi connectivity index (χ2v) is 5.97. The van der Waals surface area contributed by atoms with Gasteiger partial charge in [0.2, 0.25) is 5.52 Å². The van der Waals surface area contributed by atoms with E-state index < -0.39 is 4.92 Å². The molecular weight excluding hydrogens is 324 g/mol. The molecule has 3 rings (SSSR count). The summed E-state index contributed by atoms with van der Waals surface area (Å²) in [5.74, 6) is 0. The van der Waals surface area contributed by atoms with Crippen molar-refractivity contribution in [1.82, 2.24) is 10.3 Å². The zero-order valence-electron chi connectivity index (χ0n) is 14.3. The van der Waals surface area contributed by atoms with Gasteiger partial charge in [0.05, 0.1) is 10.6 Å². The summed E-state index contributed by atoms with van der Waals surface area (Å²) in [6.45, 7) is 0. The van der Waals surface area contributed by atoms with E-state index in [-0.39, 0.29) is 11.2 Å². The van der Waals surface area contributed by atoms with Crippen LogP contribution in [0.1, 0.15) is 0 Å². The quantitative estimate of drug-likeness (QED) is 0.558. The van der Waals surface area contributed by atoms with Gasteiger partial charge in [-0.05, 0) is 40.6 Å². The lowest BCUT2D eigenvalue weighted by Crippen LogP contribution is -2.12. The molecule has 0 aliphatic carbocycles. The van der Waals surface area contributed by atoms with Crippen LogP contribution in [0.2, 0.25) is 0 Å². The van der Waals surface area contributed by atoms with Crippen molar-refractivity contribution in [2.75, 3.05) is 43.3 Å². The topological polar surface area (TPSA) is 101 Å². The molecule has 0 spiro atoms. The van der Waals surface area contributed by atoms with E-state index in [4.69, 9.17) is 4.63 Å². The summed E-state index contributed by atoms with van der Waals surface area (Å²) in [6, 6.07) is 9.46. The number of nitrogens with one attached hydrogen (secondary N) is 1. The summed E-state index contributed by atoms with van der Waals surface area (Å²) >= 11 is 0. The van der Waals surface area contributed by atoms with Gasteiger partial charge in [0, 0.05) is 39.6 Å². The van der Waals surface area contributed by atoms with Crippen LogP contribution in [0.3, 0.4) is 0 Å². The number of hydrogen-bond donors (Lipinski definition) is 1. The van der Waals surface area contributed by atoms with Gasteiger partial charge >= 0.3 is 5.69 Å². The molecule has 0 radical (unpaired) electrons. The van der Waals surface area contributed by atoms with Crippen LogP contribution in [0.15, 0.2) is 35.0 Å². The van der Waals surface area contributed by atoms with Crippen LogP contribution in [0, 0.1) is 10.1 Å². The molecule has 1 N–H and O–H groups in total. The normalized spacial score (nSPS) is 10.7. The van der Waals surface area contributed by atoms with Gasteiger partial charge in [-0.25, -0.2) is 4.63 Å². The number of nitro groups is 1. The van der Waals surface area contributed by atoms with Crippen LogP contribution in [-0.4, -0.2) is 43.4 Å². The predicted octanol–water partition coefficient (Wildman–Crippen LogP) is 3.01. The van der Waals surface area contributed by atoms with E-state index in [1.807, 2.05) is 43.3 Å². The summed E-state index contributed by atoms with van der Waals surface area (Å²) < 4.78 is 4.75. The molecule has 0 atom stereocenters. The SMILES string of the molecule is CN(C)c1ccc(Nc2cc(N(C)C)c([N+](=O)[O-])c3nonc23)cc1. The fourth-order valence-corrected chi connectivity index (χ4v) is 2.53. The number of fused-ring (bicyclic) bond motifs is 1. The Kier molecular flexibility index (Phi) is 4.14. The number of nitro benzene ring substituents is 1. The maximum absolute atomic E-state index is 11.5. The Hall–Kier alpha value is -3.36. The number of hydrogen-bond acceptors (Lipinski definition) is 8. The minimum Gasteiger partial charge on any atom is -0.378 e. The molecule has 0 amide bonds. The first-order valence-electron chi connectivity index (χ1n) is 7.54. The van der Waals surface area contributed by atoms with Crippen LogP contribution in [0.25, 0.3) is 11.0 Å². The minimum absolute atomic E-state index is 0.114. The van der Waals surface area contributed by atoms with Crippen molar-refractivity contribution in [3.05, 3.63) is 40.4 Å². The second kappa shape index (κ2) is 6.27. The third-order valence-corrected chi connectivity index (χ3v) is 3.82. The highest BCUT2D eigenvalue weighted by molar-refractivity contribution is 6.00. The lowest BCUT2D eigenvalue weighted by molar-refractivity contribution is -0.382. The van der Waals surface area contributed by atoms with Gasteiger partial charge < -0.3 is 15.1 Å². The van der Waals surface area contributed by atoms with Crippen molar-refractivity contribution in [1.29, 1.82) is 0 Å². The predicted molar refractivity (Wildman–Crippen MR) is 96.8 cm³/mol. The van der Waals surface area contributed by atoms with Crippen LogP contribution in [0.4, 0.5) is 28.4 Å². The third kappa shape index (κ3) is 3.03. The van der Waals surface area contributed by atoms with Crippen LogP contribution >= 0.6 is 0 Å². The number of aromatic nitrogens is 2. The lowest BCUT2D eigenvalue weighted by Gasteiger charge is -2.16. The van der Waals surface area contributed by atoms with E-state index in [0.717, 1.165) is 11.4 Å².